The van der Waals surface area contributed by atoms with Gasteiger partial charge < -0.3 is 0 Å². The molecule has 0 spiro atoms. The highest BCUT2D eigenvalue weighted by molar-refractivity contribution is 7.86. The van der Waals surface area contributed by atoms with Gasteiger partial charge in [-0.25, -0.2) is 0 Å². The fourth-order valence-electron chi connectivity index (χ4n) is 1.76. The number of hydrogen-bond donors (Lipinski definition) is 0. The summed E-state index contributed by atoms with van der Waals surface area (Å²) in [5.41, 5.74) is 0. The molecular formula is C10H18O6S2. The lowest BCUT2D eigenvalue weighted by Crippen LogP contribution is -2.27. The monoisotopic (exact) mass is 298 g/mol. The zero-order chi connectivity index (χ0) is 13.8. The van der Waals surface area contributed by atoms with Gasteiger partial charge in [0, 0.05) is 0 Å². The van der Waals surface area contributed by atoms with E-state index in [9.17, 15) is 16.8 Å². The summed E-state index contributed by atoms with van der Waals surface area (Å²) < 4.78 is 53.2. The Morgan fingerprint density at radius 1 is 0.889 bits per heavy atom. The number of hydrogen-bond acceptors (Lipinski definition) is 6. The summed E-state index contributed by atoms with van der Waals surface area (Å²) in [6.45, 7) is 0.113. The molecule has 0 aromatic carbocycles. The van der Waals surface area contributed by atoms with Crippen LogP contribution in [0.5, 0.6) is 0 Å². The van der Waals surface area contributed by atoms with Crippen LogP contribution in [0.4, 0.5) is 0 Å². The van der Waals surface area contributed by atoms with Crippen molar-refractivity contribution < 1.29 is 25.2 Å². The van der Waals surface area contributed by atoms with Crippen molar-refractivity contribution in [3.63, 3.8) is 0 Å². The predicted octanol–water partition coefficient (Wildman–Crippen LogP) is 0.521. The van der Waals surface area contributed by atoms with Crippen molar-refractivity contribution in [2.45, 2.75) is 12.8 Å². The highest BCUT2D eigenvalue weighted by atomic mass is 32.2. The Kier molecular flexibility index (Phi) is 5.32. The van der Waals surface area contributed by atoms with Crippen LogP contribution >= 0.6 is 0 Å². The van der Waals surface area contributed by atoms with E-state index in [0.29, 0.717) is 12.8 Å². The van der Waals surface area contributed by atoms with Crippen molar-refractivity contribution in [3.8, 4) is 0 Å². The van der Waals surface area contributed by atoms with Gasteiger partial charge in [-0.3, -0.25) is 8.37 Å². The van der Waals surface area contributed by atoms with Crippen LogP contribution in [0.1, 0.15) is 12.8 Å². The second kappa shape index (κ2) is 6.14. The molecule has 0 N–H and O–H groups in total. The molecule has 0 amide bonds. The smallest absolute Gasteiger partial charge is 0.264 e. The van der Waals surface area contributed by atoms with E-state index in [1.54, 1.807) is 0 Å². The van der Waals surface area contributed by atoms with E-state index in [4.69, 9.17) is 8.37 Å². The van der Waals surface area contributed by atoms with Gasteiger partial charge in [-0.15, -0.1) is 0 Å². The molecule has 0 aromatic rings. The normalized spacial score (nSPS) is 25.2. The summed E-state index contributed by atoms with van der Waals surface area (Å²) in [5, 5.41) is 0. The first-order valence-electron chi connectivity index (χ1n) is 5.51. The summed E-state index contributed by atoms with van der Waals surface area (Å²) in [5.74, 6) is -0.0991. The minimum absolute atomic E-state index is 0.0496. The van der Waals surface area contributed by atoms with Crippen molar-refractivity contribution in [1.29, 1.82) is 0 Å². The molecule has 18 heavy (non-hydrogen) atoms. The summed E-state index contributed by atoms with van der Waals surface area (Å²) in [4.78, 5) is 0. The lowest BCUT2D eigenvalue weighted by Gasteiger charge is -2.27. The molecule has 1 rings (SSSR count). The van der Waals surface area contributed by atoms with E-state index in [1.165, 1.54) is 0 Å². The largest absolute Gasteiger partial charge is 0.270 e. The van der Waals surface area contributed by atoms with Gasteiger partial charge in [0.2, 0.25) is 0 Å². The Hall–Kier alpha value is -0.440. The molecule has 1 aliphatic rings. The van der Waals surface area contributed by atoms with E-state index in [0.717, 1.165) is 12.5 Å². The highest BCUT2D eigenvalue weighted by Crippen LogP contribution is 2.26. The Morgan fingerprint density at radius 3 is 1.50 bits per heavy atom. The molecule has 0 saturated heterocycles. The Balaban J connectivity index is 2.55. The first kappa shape index (κ1) is 15.6. The zero-order valence-corrected chi connectivity index (χ0v) is 12.0. The SMILES string of the molecule is CS(=O)(=O)OC[C@H]1CC=CC[C@@H]1COS(C)(=O)=O. The summed E-state index contributed by atoms with van der Waals surface area (Å²) in [6, 6.07) is 0. The maximum Gasteiger partial charge on any atom is 0.264 e. The van der Waals surface area contributed by atoms with Gasteiger partial charge in [0.1, 0.15) is 0 Å². The molecule has 2 atom stereocenters. The molecule has 0 aromatic heterocycles. The molecule has 0 aliphatic heterocycles. The van der Waals surface area contributed by atoms with Crippen molar-refractivity contribution >= 4 is 20.2 Å². The Labute approximate surface area is 108 Å². The fourth-order valence-corrected chi connectivity index (χ4v) is 2.60. The van der Waals surface area contributed by atoms with E-state index < -0.39 is 20.2 Å². The maximum atomic E-state index is 10.9. The number of allylic oxidation sites excluding steroid dienone is 2. The first-order chi connectivity index (χ1) is 8.17. The van der Waals surface area contributed by atoms with Crippen LogP contribution < -0.4 is 0 Å². The van der Waals surface area contributed by atoms with Crippen LogP contribution in [0, 0.1) is 11.8 Å². The van der Waals surface area contributed by atoms with Crippen molar-refractivity contribution in [1.82, 2.24) is 0 Å². The van der Waals surface area contributed by atoms with Crippen molar-refractivity contribution in [3.05, 3.63) is 12.2 Å². The summed E-state index contributed by atoms with van der Waals surface area (Å²) in [7, 11) is -6.95. The lowest BCUT2D eigenvalue weighted by molar-refractivity contribution is 0.146. The Morgan fingerprint density at radius 2 is 1.22 bits per heavy atom. The molecule has 106 valence electrons. The van der Waals surface area contributed by atoms with Crippen LogP contribution in [0.15, 0.2) is 12.2 Å². The van der Waals surface area contributed by atoms with Crippen LogP contribution in [0.25, 0.3) is 0 Å². The number of rotatable bonds is 6. The van der Waals surface area contributed by atoms with Crippen LogP contribution in [0.2, 0.25) is 0 Å². The summed E-state index contributed by atoms with van der Waals surface area (Å²) in [6.07, 6.45) is 7.18. The second-order valence-electron chi connectivity index (χ2n) is 4.44. The third kappa shape index (κ3) is 6.48. The molecular weight excluding hydrogens is 280 g/mol. The standard InChI is InChI=1S/C10H18O6S2/c1-17(11,12)15-7-9-5-3-4-6-10(9)8-16-18(2,13)14/h3-4,9-10H,5-8H2,1-2H3/t9-,10-/m1/s1. The molecule has 0 radical (unpaired) electrons. The van der Waals surface area contributed by atoms with Crippen molar-refractivity contribution in [2.24, 2.45) is 11.8 Å². The van der Waals surface area contributed by atoms with E-state index in [1.807, 2.05) is 12.2 Å². The van der Waals surface area contributed by atoms with Gasteiger partial charge in [0.25, 0.3) is 20.2 Å². The molecule has 0 heterocycles. The van der Waals surface area contributed by atoms with E-state index in [2.05, 4.69) is 0 Å². The third-order valence-electron chi connectivity index (χ3n) is 2.70. The molecule has 0 bridgehead atoms. The van der Waals surface area contributed by atoms with Crippen LogP contribution in [-0.2, 0) is 28.6 Å². The van der Waals surface area contributed by atoms with Gasteiger partial charge in [-0.2, -0.15) is 16.8 Å². The van der Waals surface area contributed by atoms with Gasteiger partial charge in [0.05, 0.1) is 25.7 Å². The second-order valence-corrected chi connectivity index (χ2v) is 7.73. The van der Waals surface area contributed by atoms with Gasteiger partial charge in [-0.1, -0.05) is 12.2 Å². The predicted molar refractivity (Wildman–Crippen MR) is 66.9 cm³/mol. The third-order valence-corrected chi connectivity index (χ3v) is 3.83. The van der Waals surface area contributed by atoms with Crippen molar-refractivity contribution in [2.75, 3.05) is 25.7 Å². The first-order valence-corrected chi connectivity index (χ1v) is 9.14. The van der Waals surface area contributed by atoms with Crippen LogP contribution in [0.3, 0.4) is 0 Å². The zero-order valence-electron chi connectivity index (χ0n) is 10.4. The minimum Gasteiger partial charge on any atom is -0.270 e. The molecule has 0 fully saturated rings. The van der Waals surface area contributed by atoms with Gasteiger partial charge in [-0.05, 0) is 24.7 Å². The molecule has 0 saturated carbocycles. The molecule has 6 nitrogen and oxygen atoms in total. The Bertz CT molecular complexity index is 444. The lowest BCUT2D eigenvalue weighted by atomic mass is 9.84. The van der Waals surface area contributed by atoms with E-state index in [-0.39, 0.29) is 25.0 Å². The molecule has 8 heteroatoms. The highest BCUT2D eigenvalue weighted by Gasteiger charge is 2.25. The molecule has 1 aliphatic carbocycles. The maximum absolute atomic E-state index is 10.9. The summed E-state index contributed by atoms with van der Waals surface area (Å²) >= 11 is 0. The quantitative estimate of drug-likeness (QED) is 0.525. The topological polar surface area (TPSA) is 86.7 Å². The van der Waals surface area contributed by atoms with Crippen LogP contribution in [-0.4, -0.2) is 42.6 Å². The minimum atomic E-state index is -3.47. The average molecular weight is 298 g/mol. The molecule has 0 unspecified atom stereocenters. The van der Waals surface area contributed by atoms with Gasteiger partial charge >= 0.3 is 0 Å². The fraction of sp³-hybridized carbons (Fsp3) is 0.800. The van der Waals surface area contributed by atoms with Gasteiger partial charge in [0.15, 0.2) is 0 Å². The average Bonchev–Trinajstić information content (AvgIpc) is 2.22. The van der Waals surface area contributed by atoms with E-state index >= 15 is 0 Å².